The quantitative estimate of drug-likeness (QED) is 0.639. The largest absolute Gasteiger partial charge is 0.380 e. The lowest BCUT2D eigenvalue weighted by atomic mass is 10.1. The summed E-state index contributed by atoms with van der Waals surface area (Å²) in [7, 11) is 0. The van der Waals surface area contributed by atoms with Gasteiger partial charge in [-0.1, -0.05) is 13.8 Å². The van der Waals surface area contributed by atoms with Crippen LogP contribution in [0.3, 0.4) is 0 Å². The maximum atomic E-state index is 13.5. The topological polar surface area (TPSA) is 29.9 Å². The number of fused-ring (bicyclic) bond motifs is 1. The van der Waals surface area contributed by atoms with Crippen LogP contribution >= 0.6 is 12.2 Å². The summed E-state index contributed by atoms with van der Waals surface area (Å²) < 4.78 is 21.7. The van der Waals surface area contributed by atoms with Gasteiger partial charge in [0.1, 0.15) is 5.82 Å². The highest BCUT2D eigenvalue weighted by Crippen LogP contribution is 2.18. The average Bonchev–Trinajstić information content (AvgIpc) is 2.65. The first-order chi connectivity index (χ1) is 9.49. The second-order valence-corrected chi connectivity index (χ2v) is 5.88. The highest BCUT2D eigenvalue weighted by molar-refractivity contribution is 7.71. The maximum absolute atomic E-state index is 13.5. The summed E-state index contributed by atoms with van der Waals surface area (Å²) in [6, 6.07) is 3.32. The Balaban J connectivity index is 2.08. The van der Waals surface area contributed by atoms with E-state index in [2.05, 4.69) is 18.8 Å². The van der Waals surface area contributed by atoms with Crippen molar-refractivity contribution in [2.45, 2.75) is 33.7 Å². The van der Waals surface area contributed by atoms with E-state index in [1.54, 1.807) is 6.92 Å². The molecule has 0 unspecified atom stereocenters. The first kappa shape index (κ1) is 15.2. The Bertz CT molecular complexity index is 645. The molecule has 20 heavy (non-hydrogen) atoms. The lowest BCUT2D eigenvalue weighted by Gasteiger charge is -2.08. The van der Waals surface area contributed by atoms with E-state index in [9.17, 15) is 4.39 Å². The van der Waals surface area contributed by atoms with Gasteiger partial charge in [0.2, 0.25) is 0 Å². The van der Waals surface area contributed by atoms with Crippen molar-refractivity contribution >= 4 is 23.3 Å². The Labute approximate surface area is 123 Å². The zero-order valence-corrected chi connectivity index (χ0v) is 13.0. The molecule has 0 fully saturated rings. The molecule has 0 bridgehead atoms. The van der Waals surface area contributed by atoms with Crippen LogP contribution in [0.5, 0.6) is 0 Å². The van der Waals surface area contributed by atoms with Gasteiger partial charge >= 0.3 is 0 Å². The van der Waals surface area contributed by atoms with Crippen LogP contribution in [0.15, 0.2) is 12.1 Å². The third-order valence-corrected chi connectivity index (χ3v) is 3.68. The average molecular weight is 296 g/mol. The number of aromatic amines is 1. The molecular weight excluding hydrogens is 275 g/mol. The molecule has 1 heterocycles. The maximum Gasteiger partial charge on any atom is 0.178 e. The number of hydrogen-bond donors (Lipinski definition) is 1. The normalized spacial score (nSPS) is 11.7. The summed E-state index contributed by atoms with van der Waals surface area (Å²) in [5.74, 6) is 0.435. The number of nitrogens with one attached hydrogen (secondary N) is 1. The van der Waals surface area contributed by atoms with Crippen molar-refractivity contribution in [3.8, 4) is 0 Å². The van der Waals surface area contributed by atoms with Gasteiger partial charge in [-0.05, 0) is 49.2 Å². The van der Waals surface area contributed by atoms with Crippen molar-refractivity contribution in [2.75, 3.05) is 13.2 Å². The molecule has 5 heteroatoms. The summed E-state index contributed by atoms with van der Waals surface area (Å²) in [5, 5.41) is 0. The number of aromatic nitrogens is 2. The van der Waals surface area contributed by atoms with Crippen LogP contribution in [0.2, 0.25) is 0 Å². The van der Waals surface area contributed by atoms with Crippen molar-refractivity contribution < 1.29 is 9.13 Å². The van der Waals surface area contributed by atoms with Gasteiger partial charge in [-0.25, -0.2) is 4.39 Å². The highest BCUT2D eigenvalue weighted by Gasteiger charge is 2.08. The number of nitrogens with zero attached hydrogens (tertiary/aromatic N) is 1. The molecule has 2 aromatic rings. The number of halogens is 1. The fourth-order valence-electron chi connectivity index (χ4n) is 2.08. The SMILES string of the molecule is Cc1cc2c(cc1F)[nH]c(=S)n2CCOCCC(C)C. The van der Waals surface area contributed by atoms with E-state index in [4.69, 9.17) is 17.0 Å². The molecule has 1 aromatic heterocycles. The summed E-state index contributed by atoms with van der Waals surface area (Å²) in [6.45, 7) is 8.18. The molecule has 0 radical (unpaired) electrons. The van der Waals surface area contributed by atoms with Gasteiger partial charge in [0.15, 0.2) is 4.77 Å². The molecule has 110 valence electrons. The molecule has 2 rings (SSSR count). The van der Waals surface area contributed by atoms with E-state index in [1.807, 2.05) is 10.6 Å². The minimum Gasteiger partial charge on any atom is -0.380 e. The van der Waals surface area contributed by atoms with Gasteiger partial charge < -0.3 is 14.3 Å². The van der Waals surface area contributed by atoms with E-state index >= 15 is 0 Å². The number of ether oxygens (including phenoxy) is 1. The van der Waals surface area contributed by atoms with Crippen molar-refractivity contribution in [1.82, 2.24) is 9.55 Å². The number of hydrogen-bond acceptors (Lipinski definition) is 2. The van der Waals surface area contributed by atoms with Crippen LogP contribution in [0.1, 0.15) is 25.8 Å². The van der Waals surface area contributed by atoms with Crippen LogP contribution in [-0.2, 0) is 11.3 Å². The molecule has 1 aromatic carbocycles. The summed E-state index contributed by atoms with van der Waals surface area (Å²) >= 11 is 5.29. The molecule has 0 aliphatic rings. The third-order valence-electron chi connectivity index (χ3n) is 3.35. The zero-order chi connectivity index (χ0) is 14.7. The van der Waals surface area contributed by atoms with Crippen molar-refractivity contribution in [1.29, 1.82) is 0 Å². The van der Waals surface area contributed by atoms with E-state index in [-0.39, 0.29) is 5.82 Å². The lowest BCUT2D eigenvalue weighted by molar-refractivity contribution is 0.116. The Hall–Kier alpha value is -1.20. The van der Waals surface area contributed by atoms with Gasteiger partial charge in [0.05, 0.1) is 17.6 Å². The minimum atomic E-state index is -0.214. The van der Waals surface area contributed by atoms with Crippen LogP contribution in [0, 0.1) is 23.4 Å². The molecule has 0 aliphatic carbocycles. The van der Waals surface area contributed by atoms with Gasteiger partial charge in [-0.15, -0.1) is 0 Å². The number of rotatable bonds is 6. The van der Waals surface area contributed by atoms with Crippen molar-refractivity contribution in [3.63, 3.8) is 0 Å². The van der Waals surface area contributed by atoms with Gasteiger partial charge in [0.25, 0.3) is 0 Å². The Morgan fingerprint density at radius 1 is 1.35 bits per heavy atom. The summed E-state index contributed by atoms with van der Waals surface area (Å²) in [5.41, 5.74) is 2.29. The highest BCUT2D eigenvalue weighted by atomic mass is 32.1. The van der Waals surface area contributed by atoms with E-state index in [0.717, 1.165) is 24.1 Å². The lowest BCUT2D eigenvalue weighted by Crippen LogP contribution is -2.08. The summed E-state index contributed by atoms with van der Waals surface area (Å²) in [4.78, 5) is 3.04. The molecule has 0 saturated carbocycles. The smallest absolute Gasteiger partial charge is 0.178 e. The molecule has 0 saturated heterocycles. The van der Waals surface area contributed by atoms with Gasteiger partial charge in [-0.2, -0.15) is 0 Å². The molecule has 0 spiro atoms. The van der Waals surface area contributed by atoms with Crippen LogP contribution in [0.25, 0.3) is 11.0 Å². The fraction of sp³-hybridized carbons (Fsp3) is 0.533. The zero-order valence-electron chi connectivity index (χ0n) is 12.2. The molecule has 0 aliphatic heterocycles. The fourth-order valence-corrected chi connectivity index (χ4v) is 2.38. The molecule has 1 N–H and O–H groups in total. The molecular formula is C15H21FN2OS. The third kappa shape index (κ3) is 3.46. The van der Waals surface area contributed by atoms with Crippen molar-refractivity contribution in [2.24, 2.45) is 5.92 Å². The van der Waals surface area contributed by atoms with E-state index in [1.165, 1.54) is 6.07 Å². The molecule has 0 atom stereocenters. The van der Waals surface area contributed by atoms with E-state index < -0.39 is 0 Å². The second-order valence-electron chi connectivity index (χ2n) is 5.50. The molecule has 3 nitrogen and oxygen atoms in total. The Morgan fingerprint density at radius 3 is 2.80 bits per heavy atom. The van der Waals surface area contributed by atoms with Gasteiger partial charge in [-0.3, -0.25) is 0 Å². The van der Waals surface area contributed by atoms with Crippen LogP contribution < -0.4 is 0 Å². The number of H-pyrrole nitrogens is 1. The minimum absolute atomic E-state index is 0.214. The first-order valence-corrected chi connectivity index (χ1v) is 7.36. The van der Waals surface area contributed by atoms with E-state index in [0.29, 0.717) is 29.4 Å². The van der Waals surface area contributed by atoms with Crippen molar-refractivity contribution in [3.05, 3.63) is 28.3 Å². The predicted molar refractivity (Wildman–Crippen MR) is 82.1 cm³/mol. The predicted octanol–water partition coefficient (Wildman–Crippen LogP) is 4.21. The standard InChI is InChI=1S/C15H21FN2OS/c1-10(2)4-6-19-7-5-18-14-8-11(3)12(16)9-13(14)17-15(18)20/h8-10H,4-7H2,1-3H3,(H,17,20). The monoisotopic (exact) mass is 296 g/mol. The van der Waals surface area contributed by atoms with Crippen LogP contribution in [-0.4, -0.2) is 22.8 Å². The first-order valence-electron chi connectivity index (χ1n) is 6.95. The molecule has 0 amide bonds. The summed E-state index contributed by atoms with van der Waals surface area (Å²) in [6.07, 6.45) is 1.06. The number of imidazole rings is 1. The second kappa shape index (κ2) is 6.50. The number of benzene rings is 1. The van der Waals surface area contributed by atoms with Gasteiger partial charge in [0, 0.05) is 13.2 Å². The Morgan fingerprint density at radius 2 is 2.10 bits per heavy atom. The Kier molecular flexibility index (Phi) is 4.94. The van der Waals surface area contributed by atoms with Crippen LogP contribution in [0.4, 0.5) is 4.39 Å². The number of aryl methyl sites for hydroxylation is 1.